The Kier molecular flexibility index (Phi) is 7.41. The zero-order chi connectivity index (χ0) is 22.4. The van der Waals surface area contributed by atoms with Crippen molar-refractivity contribution in [3.63, 3.8) is 0 Å². The number of carbonyl (C=O) groups excluding carboxylic acids is 1. The van der Waals surface area contributed by atoms with E-state index in [9.17, 15) is 4.79 Å². The van der Waals surface area contributed by atoms with E-state index in [1.54, 1.807) is 20.5 Å². The summed E-state index contributed by atoms with van der Waals surface area (Å²) in [5, 5.41) is 3.08. The second kappa shape index (κ2) is 10.2. The third kappa shape index (κ3) is 5.30. The number of nitrogens with zero attached hydrogens (tertiary/aromatic N) is 1. The average molecular weight is 427 g/mol. The first kappa shape index (κ1) is 22.5. The highest BCUT2D eigenvalue weighted by Crippen LogP contribution is 2.30. The molecule has 0 aliphatic heterocycles. The average Bonchev–Trinajstić information content (AvgIpc) is 3.37. The summed E-state index contributed by atoms with van der Waals surface area (Å²) >= 11 is 0. The first-order valence-electron chi connectivity index (χ1n) is 10.2. The van der Waals surface area contributed by atoms with Gasteiger partial charge in [-0.25, -0.2) is 0 Å². The van der Waals surface area contributed by atoms with Crippen LogP contribution in [0, 0.1) is 13.8 Å². The van der Waals surface area contributed by atoms with Crippen LogP contribution in [0.25, 0.3) is 0 Å². The molecular weight excluding hydrogens is 396 g/mol. The van der Waals surface area contributed by atoms with Gasteiger partial charge in [-0.05, 0) is 56.7 Å². The topological polar surface area (TPSA) is 74.9 Å². The largest absolute Gasteiger partial charge is 0.493 e. The summed E-state index contributed by atoms with van der Waals surface area (Å²) in [6.45, 7) is 7.41. The molecule has 0 bridgehead atoms. The first-order chi connectivity index (χ1) is 14.9. The molecule has 1 N–H and O–H groups in total. The number of furan rings is 1. The van der Waals surface area contributed by atoms with Crippen molar-refractivity contribution in [2.24, 2.45) is 0 Å². The Morgan fingerprint density at radius 2 is 1.94 bits per heavy atom. The van der Waals surface area contributed by atoms with Crippen molar-refractivity contribution in [2.75, 3.05) is 27.4 Å². The van der Waals surface area contributed by atoms with Crippen molar-refractivity contribution >= 4 is 5.91 Å². The highest BCUT2D eigenvalue weighted by Gasteiger charge is 2.19. The Labute approximate surface area is 182 Å². The van der Waals surface area contributed by atoms with E-state index in [0.717, 1.165) is 22.7 Å². The van der Waals surface area contributed by atoms with Crippen molar-refractivity contribution in [3.05, 3.63) is 70.9 Å². The van der Waals surface area contributed by atoms with Crippen LogP contribution in [0.3, 0.4) is 0 Å². The lowest BCUT2D eigenvalue weighted by Gasteiger charge is -2.17. The van der Waals surface area contributed by atoms with Gasteiger partial charge < -0.3 is 28.5 Å². The van der Waals surface area contributed by atoms with Crippen LogP contribution < -0.4 is 14.8 Å². The van der Waals surface area contributed by atoms with E-state index >= 15 is 0 Å². The van der Waals surface area contributed by atoms with Gasteiger partial charge in [-0.2, -0.15) is 0 Å². The lowest BCUT2D eigenvalue weighted by atomic mass is 10.1. The molecule has 0 radical (unpaired) electrons. The van der Waals surface area contributed by atoms with Crippen LogP contribution in [0.4, 0.5) is 0 Å². The van der Waals surface area contributed by atoms with Gasteiger partial charge >= 0.3 is 0 Å². The molecule has 0 saturated heterocycles. The molecule has 0 spiro atoms. The van der Waals surface area contributed by atoms with Crippen LogP contribution in [-0.2, 0) is 11.3 Å². The van der Waals surface area contributed by atoms with E-state index in [2.05, 4.69) is 9.88 Å². The number of benzene rings is 1. The Morgan fingerprint density at radius 1 is 1.13 bits per heavy atom. The maximum absolute atomic E-state index is 13.0. The van der Waals surface area contributed by atoms with Crippen molar-refractivity contribution in [1.29, 1.82) is 0 Å². The molecule has 1 atom stereocenters. The summed E-state index contributed by atoms with van der Waals surface area (Å²) in [5.74, 6) is 1.99. The molecule has 7 heteroatoms. The van der Waals surface area contributed by atoms with Gasteiger partial charge in [0, 0.05) is 18.5 Å². The predicted octanol–water partition coefficient (Wildman–Crippen LogP) is 4.27. The minimum atomic E-state index is -0.206. The van der Waals surface area contributed by atoms with Gasteiger partial charge in [0.1, 0.15) is 12.4 Å². The number of hydrogen-bond donors (Lipinski definition) is 1. The molecule has 0 fully saturated rings. The van der Waals surface area contributed by atoms with Crippen LogP contribution in [0.2, 0.25) is 0 Å². The fourth-order valence-corrected chi connectivity index (χ4v) is 3.50. The van der Waals surface area contributed by atoms with Gasteiger partial charge in [-0.15, -0.1) is 0 Å². The number of aryl methyl sites for hydroxylation is 1. The summed E-state index contributed by atoms with van der Waals surface area (Å²) in [4.78, 5) is 13.0. The molecule has 0 aliphatic rings. The van der Waals surface area contributed by atoms with E-state index in [0.29, 0.717) is 36.8 Å². The third-order valence-electron chi connectivity index (χ3n) is 5.29. The summed E-state index contributed by atoms with van der Waals surface area (Å²) in [6, 6.07) is 11.2. The van der Waals surface area contributed by atoms with Gasteiger partial charge in [0.2, 0.25) is 0 Å². The highest BCUT2D eigenvalue weighted by molar-refractivity contribution is 5.96. The number of carbonyl (C=O) groups is 1. The minimum Gasteiger partial charge on any atom is -0.493 e. The Hall–Kier alpha value is -3.19. The second-order valence-corrected chi connectivity index (χ2v) is 7.40. The summed E-state index contributed by atoms with van der Waals surface area (Å²) in [7, 11) is 3.22. The van der Waals surface area contributed by atoms with E-state index in [1.165, 1.54) is 0 Å². The number of aromatic nitrogens is 1. The van der Waals surface area contributed by atoms with Gasteiger partial charge in [0.05, 0.1) is 38.1 Å². The molecule has 1 amide bonds. The Balaban J connectivity index is 1.72. The van der Waals surface area contributed by atoms with Crippen molar-refractivity contribution < 1.29 is 23.4 Å². The summed E-state index contributed by atoms with van der Waals surface area (Å²) < 4.78 is 23.7. The quantitative estimate of drug-likeness (QED) is 0.490. The lowest BCUT2D eigenvalue weighted by molar-refractivity contribution is 0.0939. The molecule has 166 valence electrons. The Morgan fingerprint density at radius 3 is 2.61 bits per heavy atom. The second-order valence-electron chi connectivity index (χ2n) is 7.40. The molecule has 7 nitrogen and oxygen atoms in total. The van der Waals surface area contributed by atoms with Crippen molar-refractivity contribution in [1.82, 2.24) is 9.88 Å². The van der Waals surface area contributed by atoms with Crippen LogP contribution in [0.15, 0.2) is 47.1 Å². The summed E-state index contributed by atoms with van der Waals surface area (Å²) in [5.41, 5.74) is 3.49. The molecule has 2 aromatic heterocycles. The maximum atomic E-state index is 13.0. The van der Waals surface area contributed by atoms with E-state index < -0.39 is 0 Å². The van der Waals surface area contributed by atoms with Crippen molar-refractivity contribution in [2.45, 2.75) is 33.4 Å². The SMILES string of the molecule is COCCOc1ccc(C(C)NC(=O)c2cc(C)n(Cc3ccco3)c2C)cc1OC. The molecule has 1 aromatic carbocycles. The third-order valence-corrected chi connectivity index (χ3v) is 5.29. The van der Waals surface area contributed by atoms with Crippen molar-refractivity contribution in [3.8, 4) is 11.5 Å². The van der Waals surface area contributed by atoms with E-state index in [1.807, 2.05) is 57.2 Å². The van der Waals surface area contributed by atoms with Crippen LogP contribution >= 0.6 is 0 Å². The lowest BCUT2D eigenvalue weighted by Crippen LogP contribution is -2.27. The number of hydrogen-bond acceptors (Lipinski definition) is 5. The molecule has 0 aliphatic carbocycles. The zero-order valence-corrected chi connectivity index (χ0v) is 18.7. The molecule has 3 aromatic rings. The van der Waals surface area contributed by atoms with E-state index in [-0.39, 0.29) is 11.9 Å². The molecule has 1 unspecified atom stereocenters. The maximum Gasteiger partial charge on any atom is 0.253 e. The highest BCUT2D eigenvalue weighted by atomic mass is 16.5. The van der Waals surface area contributed by atoms with Gasteiger partial charge in [0.15, 0.2) is 11.5 Å². The number of methoxy groups -OCH3 is 2. The fraction of sp³-hybridized carbons (Fsp3) is 0.375. The number of ether oxygens (including phenoxy) is 3. The van der Waals surface area contributed by atoms with Crippen LogP contribution in [0.1, 0.15) is 46.0 Å². The molecule has 2 heterocycles. The van der Waals surface area contributed by atoms with E-state index in [4.69, 9.17) is 18.6 Å². The van der Waals surface area contributed by atoms with Gasteiger partial charge in [-0.3, -0.25) is 4.79 Å². The standard InChI is InChI=1S/C24H30N2O5/c1-16-13-21(18(3)26(16)15-20-7-6-10-30-20)24(27)25-17(2)19-8-9-22(23(14-19)29-5)31-12-11-28-4/h6-10,13-14,17H,11-12,15H2,1-5H3,(H,25,27). The first-order valence-corrected chi connectivity index (χ1v) is 10.2. The normalized spacial score (nSPS) is 11.9. The minimum absolute atomic E-state index is 0.120. The fourth-order valence-electron chi connectivity index (χ4n) is 3.50. The van der Waals surface area contributed by atoms with Crippen LogP contribution in [-0.4, -0.2) is 37.9 Å². The molecule has 0 saturated carbocycles. The number of nitrogens with one attached hydrogen (secondary N) is 1. The Bertz CT molecular complexity index is 1010. The molecular formula is C24H30N2O5. The van der Waals surface area contributed by atoms with Gasteiger partial charge in [0.25, 0.3) is 5.91 Å². The van der Waals surface area contributed by atoms with Crippen LogP contribution in [0.5, 0.6) is 11.5 Å². The zero-order valence-electron chi connectivity index (χ0n) is 18.7. The smallest absolute Gasteiger partial charge is 0.253 e. The number of rotatable bonds is 10. The number of amides is 1. The monoisotopic (exact) mass is 426 g/mol. The molecule has 31 heavy (non-hydrogen) atoms. The summed E-state index contributed by atoms with van der Waals surface area (Å²) in [6.07, 6.45) is 1.65. The van der Waals surface area contributed by atoms with Gasteiger partial charge in [-0.1, -0.05) is 6.07 Å². The predicted molar refractivity (Wildman–Crippen MR) is 118 cm³/mol. The molecule has 3 rings (SSSR count).